The second kappa shape index (κ2) is 12.8. The minimum absolute atomic E-state index is 0.212. The molecule has 6 atom stereocenters. The molecule has 6 aliphatic rings. The Bertz CT molecular complexity index is 1790. The molecule has 0 radical (unpaired) electrons. The first-order chi connectivity index (χ1) is 23.9. The average Bonchev–Trinajstić information content (AvgIpc) is 3.19. The number of amides is 1. The van der Waals surface area contributed by atoms with Gasteiger partial charge in [-0.05, 0) is 105 Å². The maximum Gasteiger partial charge on any atom is 0.264 e. The predicted octanol–water partition coefficient (Wildman–Crippen LogP) is 5.60. The SMILES string of the molecule is CO[C@@]1(CN2CC3(COC3)C2)/C=C\C[C@H](C)[C@@H](C)S(=O)(=O)NC(=O)c2ccc3c(c2)N(C[C@@H]2CC[C@H]21)C[C@@]1(CCCc2cc(Cl)ccc21)CO3. The Balaban J connectivity index is 1.20. The number of carbonyl (C=O) groups excluding carboxylic acids is 1. The third-order valence-corrected chi connectivity index (χ3v) is 15.2. The van der Waals surface area contributed by atoms with E-state index in [0.717, 1.165) is 88.8 Å². The van der Waals surface area contributed by atoms with Gasteiger partial charge in [-0.2, -0.15) is 0 Å². The zero-order chi connectivity index (χ0) is 34.9. The van der Waals surface area contributed by atoms with Crippen molar-refractivity contribution >= 4 is 33.2 Å². The second-order valence-electron chi connectivity index (χ2n) is 16.3. The average molecular weight is 724 g/mol. The van der Waals surface area contributed by atoms with Crippen molar-refractivity contribution in [2.24, 2.45) is 23.2 Å². The summed E-state index contributed by atoms with van der Waals surface area (Å²) in [6.07, 6.45) is 10.1. The Kier molecular flexibility index (Phi) is 8.82. The Morgan fingerprint density at radius 1 is 1.06 bits per heavy atom. The summed E-state index contributed by atoms with van der Waals surface area (Å²) in [5.41, 5.74) is 3.22. The topological polar surface area (TPSA) is 97.4 Å². The van der Waals surface area contributed by atoms with Crippen molar-refractivity contribution in [1.29, 1.82) is 0 Å². The van der Waals surface area contributed by atoms with Gasteiger partial charge in [0, 0.05) is 61.2 Å². The lowest BCUT2D eigenvalue weighted by molar-refractivity contribution is -0.205. The summed E-state index contributed by atoms with van der Waals surface area (Å²) >= 11 is 6.48. The van der Waals surface area contributed by atoms with Gasteiger partial charge in [0.25, 0.3) is 5.91 Å². The number of anilines is 1. The highest BCUT2D eigenvalue weighted by atomic mass is 35.5. The van der Waals surface area contributed by atoms with Gasteiger partial charge in [-0.3, -0.25) is 9.69 Å². The summed E-state index contributed by atoms with van der Waals surface area (Å²) in [5.74, 6) is 0.508. The molecule has 2 aliphatic carbocycles. The van der Waals surface area contributed by atoms with Crippen LogP contribution in [0.5, 0.6) is 5.75 Å². The zero-order valence-electron chi connectivity index (χ0n) is 29.5. The van der Waals surface area contributed by atoms with Crippen LogP contribution in [0.1, 0.15) is 67.4 Å². The summed E-state index contributed by atoms with van der Waals surface area (Å²) in [4.78, 5) is 18.5. The van der Waals surface area contributed by atoms with E-state index >= 15 is 0 Å². The van der Waals surface area contributed by atoms with E-state index < -0.39 is 26.8 Å². The summed E-state index contributed by atoms with van der Waals surface area (Å²) in [5, 5.41) is -0.0242. The molecule has 2 bridgehead atoms. The fraction of sp³-hybridized carbons (Fsp3) is 0.615. The summed E-state index contributed by atoms with van der Waals surface area (Å²) < 4.78 is 48.3. The molecule has 0 aromatic heterocycles. The number of fused-ring (bicyclic) bond motifs is 4. The lowest BCUT2D eigenvalue weighted by Gasteiger charge is -2.58. The van der Waals surface area contributed by atoms with Gasteiger partial charge >= 0.3 is 0 Å². The lowest BCUT2D eigenvalue weighted by atomic mass is 9.63. The molecule has 50 heavy (non-hydrogen) atoms. The molecule has 0 unspecified atom stereocenters. The van der Waals surface area contributed by atoms with Crippen LogP contribution in [-0.2, 0) is 31.3 Å². The molecule has 1 saturated carbocycles. The lowest BCUT2D eigenvalue weighted by Crippen LogP contribution is -2.69. The van der Waals surface area contributed by atoms with Gasteiger partial charge in [0.05, 0.1) is 30.8 Å². The van der Waals surface area contributed by atoms with Crippen LogP contribution in [-0.4, -0.2) is 89.7 Å². The van der Waals surface area contributed by atoms with Crippen molar-refractivity contribution in [3.05, 3.63) is 70.3 Å². The number of benzene rings is 2. The highest BCUT2D eigenvalue weighted by Gasteiger charge is 2.54. The second-order valence-corrected chi connectivity index (χ2v) is 18.8. The van der Waals surface area contributed by atoms with E-state index in [0.29, 0.717) is 35.7 Å². The molecule has 9 nitrogen and oxygen atoms in total. The van der Waals surface area contributed by atoms with Gasteiger partial charge in [0.1, 0.15) is 11.4 Å². The molecular weight excluding hydrogens is 674 g/mol. The number of halogens is 1. The van der Waals surface area contributed by atoms with Crippen molar-refractivity contribution < 1.29 is 27.4 Å². The van der Waals surface area contributed by atoms with E-state index in [4.69, 9.17) is 25.8 Å². The van der Waals surface area contributed by atoms with Gasteiger partial charge in [-0.1, -0.05) is 36.7 Å². The first-order valence-electron chi connectivity index (χ1n) is 18.3. The number of nitrogens with zero attached hydrogens (tertiary/aromatic N) is 2. The number of aryl methyl sites for hydroxylation is 1. The van der Waals surface area contributed by atoms with E-state index in [-0.39, 0.29) is 17.3 Å². The molecule has 4 aliphatic heterocycles. The number of hydrogen-bond donors (Lipinski definition) is 1. The molecule has 1 N–H and O–H groups in total. The van der Waals surface area contributed by atoms with Crippen LogP contribution in [0.2, 0.25) is 5.02 Å². The van der Waals surface area contributed by atoms with Crippen molar-refractivity contribution in [1.82, 2.24) is 9.62 Å². The quantitative estimate of drug-likeness (QED) is 0.409. The largest absolute Gasteiger partial charge is 0.490 e. The zero-order valence-corrected chi connectivity index (χ0v) is 31.0. The third-order valence-electron chi connectivity index (χ3n) is 13.0. The molecule has 3 fully saturated rings. The van der Waals surface area contributed by atoms with Gasteiger partial charge in [0.2, 0.25) is 10.0 Å². The maximum atomic E-state index is 13.6. The number of allylic oxidation sites excluding steroid dienone is 1. The monoisotopic (exact) mass is 723 g/mol. The summed E-state index contributed by atoms with van der Waals surface area (Å²) in [6, 6.07) is 11.6. The van der Waals surface area contributed by atoms with Crippen LogP contribution < -0.4 is 14.4 Å². The first kappa shape index (κ1) is 34.5. The number of methoxy groups -OCH3 is 1. The maximum absolute atomic E-state index is 13.6. The third kappa shape index (κ3) is 5.96. The Hall–Kier alpha value is -2.63. The van der Waals surface area contributed by atoms with Crippen molar-refractivity contribution in [2.75, 3.05) is 64.6 Å². The minimum Gasteiger partial charge on any atom is -0.490 e. The standard InChI is InChI=1S/C39H50ClN3O6S/c1-26-6-4-15-39(47-3,22-42-19-37(20-42)23-48-24-37)33-11-8-30(33)18-43-21-38(14-5-7-28-16-31(40)10-12-32(28)38)25-49-35-13-9-29(17-34(35)43)36(44)41-50(45,46)27(26)2/h4,9-10,12-13,15-17,26-27,30,33H,5-8,11,14,18-25H2,1-3H3,(H,41,44)/b15-4-/t26-,27+,30-,33+,38-,39+/m0/s1. The van der Waals surface area contributed by atoms with Crippen molar-refractivity contribution in [3.63, 3.8) is 0 Å². The molecule has 2 aromatic carbocycles. The number of sulfonamides is 1. The van der Waals surface area contributed by atoms with Gasteiger partial charge < -0.3 is 19.1 Å². The van der Waals surface area contributed by atoms with Crippen LogP contribution >= 0.6 is 11.6 Å². The van der Waals surface area contributed by atoms with E-state index in [9.17, 15) is 13.2 Å². The number of carbonyl (C=O) groups is 1. The number of rotatable bonds is 3. The van der Waals surface area contributed by atoms with Crippen LogP contribution in [0.3, 0.4) is 0 Å². The summed E-state index contributed by atoms with van der Waals surface area (Å²) in [7, 11) is -2.10. The normalized spacial score (nSPS) is 35.3. The summed E-state index contributed by atoms with van der Waals surface area (Å²) in [6.45, 7) is 10.1. The number of hydrogen-bond acceptors (Lipinski definition) is 8. The van der Waals surface area contributed by atoms with E-state index in [1.165, 1.54) is 11.1 Å². The number of nitrogens with one attached hydrogen (secondary N) is 1. The van der Waals surface area contributed by atoms with E-state index in [1.54, 1.807) is 13.0 Å². The smallest absolute Gasteiger partial charge is 0.264 e. The van der Waals surface area contributed by atoms with Crippen molar-refractivity contribution in [3.8, 4) is 5.75 Å². The number of ether oxygens (including phenoxy) is 3. The van der Waals surface area contributed by atoms with Crippen LogP contribution in [0.4, 0.5) is 5.69 Å². The molecule has 2 saturated heterocycles. The van der Waals surface area contributed by atoms with Crippen molar-refractivity contribution in [2.45, 2.75) is 68.6 Å². The van der Waals surface area contributed by atoms with Crippen LogP contribution in [0.25, 0.3) is 0 Å². The van der Waals surface area contributed by atoms with E-state index in [1.807, 2.05) is 32.2 Å². The molecule has 4 heterocycles. The number of likely N-dealkylation sites (tertiary alicyclic amines) is 1. The van der Waals surface area contributed by atoms with Crippen LogP contribution in [0.15, 0.2) is 48.6 Å². The highest BCUT2D eigenvalue weighted by molar-refractivity contribution is 7.90. The molecule has 8 rings (SSSR count). The fourth-order valence-electron chi connectivity index (χ4n) is 9.74. The van der Waals surface area contributed by atoms with Gasteiger partial charge in [-0.25, -0.2) is 13.1 Å². The Labute approximate surface area is 301 Å². The molecule has 270 valence electrons. The fourth-order valence-corrected chi connectivity index (χ4v) is 11.2. The molecule has 2 aromatic rings. The van der Waals surface area contributed by atoms with Gasteiger partial charge in [-0.15, -0.1) is 0 Å². The minimum atomic E-state index is -3.94. The first-order valence-corrected chi connectivity index (χ1v) is 20.3. The van der Waals surface area contributed by atoms with E-state index in [2.05, 4.69) is 38.8 Å². The molecule has 1 amide bonds. The molecule has 11 heteroatoms. The Morgan fingerprint density at radius 2 is 1.88 bits per heavy atom. The van der Waals surface area contributed by atoms with Crippen LogP contribution in [0, 0.1) is 23.2 Å². The van der Waals surface area contributed by atoms with Gasteiger partial charge in [0.15, 0.2) is 0 Å². The molecule has 2 spiro atoms. The predicted molar refractivity (Wildman–Crippen MR) is 195 cm³/mol. The Morgan fingerprint density at radius 3 is 2.60 bits per heavy atom. The highest BCUT2D eigenvalue weighted by Crippen LogP contribution is 2.50. The molecular formula is C39H50ClN3O6S.